The van der Waals surface area contributed by atoms with Crippen molar-refractivity contribution in [3.8, 4) is 0 Å². The average Bonchev–Trinajstić information content (AvgIpc) is 2.65. The summed E-state index contributed by atoms with van der Waals surface area (Å²) in [7, 11) is -1.81. The van der Waals surface area contributed by atoms with Crippen LogP contribution in [0.4, 0.5) is 0 Å². The number of hydrogen-bond acceptors (Lipinski definition) is 5. The maximum atomic E-state index is 12.3. The van der Waals surface area contributed by atoms with Gasteiger partial charge in [0, 0.05) is 24.6 Å². The number of hydrogen-bond donors (Lipinski definition) is 2. The van der Waals surface area contributed by atoms with Crippen molar-refractivity contribution in [1.82, 2.24) is 4.72 Å². The van der Waals surface area contributed by atoms with E-state index in [1.807, 2.05) is 5.38 Å². The highest BCUT2D eigenvalue weighted by Gasteiger charge is 2.34. The first-order valence-corrected chi connectivity index (χ1v) is 8.16. The molecule has 3 N–H and O–H groups in total. The molecule has 0 saturated heterocycles. The van der Waals surface area contributed by atoms with E-state index in [0.717, 1.165) is 18.4 Å². The maximum Gasteiger partial charge on any atom is 0.242 e. The molecule has 0 radical (unpaired) electrons. The van der Waals surface area contributed by atoms with Crippen LogP contribution in [0.2, 0.25) is 0 Å². The zero-order valence-electron chi connectivity index (χ0n) is 10.5. The van der Waals surface area contributed by atoms with Crippen LogP contribution in [0.1, 0.15) is 23.3 Å². The Morgan fingerprint density at radius 3 is 2.78 bits per heavy atom. The molecule has 1 aliphatic rings. The van der Waals surface area contributed by atoms with E-state index in [1.54, 1.807) is 14.0 Å². The molecule has 2 rings (SSSR count). The predicted octanol–water partition coefficient (Wildman–Crippen LogP) is 0.971. The van der Waals surface area contributed by atoms with Gasteiger partial charge in [-0.1, -0.05) is 0 Å². The lowest BCUT2D eigenvalue weighted by atomic mass is 9.90. The molecule has 1 heterocycles. The molecule has 1 saturated carbocycles. The number of methoxy groups -OCH3 is 1. The fourth-order valence-electron chi connectivity index (χ4n) is 2.12. The molecule has 1 aliphatic carbocycles. The second kappa shape index (κ2) is 5.26. The number of sulfonamides is 1. The lowest BCUT2D eigenvalue weighted by Gasteiger charge is -2.34. The van der Waals surface area contributed by atoms with Crippen LogP contribution in [0.5, 0.6) is 0 Å². The number of thiophene rings is 1. The normalized spacial score (nSPS) is 23.9. The number of ether oxygens (including phenoxy) is 1. The molecular formula is C11H18N2O3S2. The Kier molecular flexibility index (Phi) is 4.08. The summed E-state index contributed by atoms with van der Waals surface area (Å²) in [6.07, 6.45) is 1.64. The third kappa shape index (κ3) is 2.60. The van der Waals surface area contributed by atoms with Crippen LogP contribution < -0.4 is 10.5 Å². The molecule has 102 valence electrons. The van der Waals surface area contributed by atoms with E-state index >= 15 is 0 Å². The summed E-state index contributed by atoms with van der Waals surface area (Å²) in [5.74, 6) is 0. The lowest BCUT2D eigenvalue weighted by molar-refractivity contribution is 0.0236. The van der Waals surface area contributed by atoms with Crippen LogP contribution in [0.3, 0.4) is 0 Å². The third-order valence-corrected chi connectivity index (χ3v) is 6.20. The van der Waals surface area contributed by atoms with Gasteiger partial charge < -0.3 is 10.5 Å². The fraction of sp³-hybridized carbons (Fsp3) is 0.636. The molecule has 0 bridgehead atoms. The Balaban J connectivity index is 2.14. The first kappa shape index (κ1) is 14.0. The van der Waals surface area contributed by atoms with Crippen molar-refractivity contribution >= 4 is 21.4 Å². The van der Waals surface area contributed by atoms with Crippen molar-refractivity contribution in [2.24, 2.45) is 5.73 Å². The predicted molar refractivity (Wildman–Crippen MR) is 71.1 cm³/mol. The molecule has 1 aromatic heterocycles. The Morgan fingerprint density at radius 2 is 2.22 bits per heavy atom. The fourth-order valence-corrected chi connectivity index (χ4v) is 5.09. The SMILES string of the molecule is COC1CC(NS(=O)(=O)c2c(C)csc2CN)C1. The van der Waals surface area contributed by atoms with E-state index in [2.05, 4.69) is 4.72 Å². The first-order chi connectivity index (χ1) is 8.47. The van der Waals surface area contributed by atoms with Crippen LogP contribution in [0.25, 0.3) is 0 Å². The lowest BCUT2D eigenvalue weighted by Crippen LogP contribution is -2.47. The monoisotopic (exact) mass is 290 g/mol. The Morgan fingerprint density at radius 1 is 1.56 bits per heavy atom. The number of aryl methyl sites for hydroxylation is 1. The van der Waals surface area contributed by atoms with E-state index in [-0.39, 0.29) is 18.7 Å². The van der Waals surface area contributed by atoms with Gasteiger partial charge in [-0.05, 0) is 30.7 Å². The smallest absolute Gasteiger partial charge is 0.242 e. The minimum atomic E-state index is -3.46. The standard InChI is InChI=1S/C11H18N2O3S2/c1-7-6-17-10(5-12)11(7)18(14,15)13-8-3-9(4-8)16-2/h6,8-9,13H,3-5,12H2,1-2H3. The van der Waals surface area contributed by atoms with Gasteiger partial charge in [0.25, 0.3) is 0 Å². The quantitative estimate of drug-likeness (QED) is 0.846. The van der Waals surface area contributed by atoms with Gasteiger partial charge in [-0.3, -0.25) is 0 Å². The van der Waals surface area contributed by atoms with E-state index in [0.29, 0.717) is 9.77 Å². The van der Waals surface area contributed by atoms with Crippen molar-refractivity contribution in [1.29, 1.82) is 0 Å². The molecule has 7 heteroatoms. The van der Waals surface area contributed by atoms with E-state index in [9.17, 15) is 8.42 Å². The minimum Gasteiger partial charge on any atom is -0.381 e. The molecule has 5 nitrogen and oxygen atoms in total. The molecule has 0 amide bonds. The summed E-state index contributed by atoms with van der Waals surface area (Å²) >= 11 is 1.39. The summed E-state index contributed by atoms with van der Waals surface area (Å²) in [4.78, 5) is 1.07. The first-order valence-electron chi connectivity index (χ1n) is 5.80. The van der Waals surface area contributed by atoms with Crippen LogP contribution in [0, 0.1) is 6.92 Å². The van der Waals surface area contributed by atoms with Gasteiger partial charge in [-0.2, -0.15) is 0 Å². The largest absolute Gasteiger partial charge is 0.381 e. The zero-order valence-corrected chi connectivity index (χ0v) is 12.1. The van der Waals surface area contributed by atoms with Gasteiger partial charge in [-0.15, -0.1) is 11.3 Å². The number of rotatable bonds is 5. The average molecular weight is 290 g/mol. The van der Waals surface area contributed by atoms with Crippen molar-refractivity contribution in [3.63, 3.8) is 0 Å². The molecule has 0 atom stereocenters. The van der Waals surface area contributed by atoms with Gasteiger partial charge in [0.2, 0.25) is 10.0 Å². The van der Waals surface area contributed by atoms with Crippen molar-refractivity contribution < 1.29 is 13.2 Å². The maximum absolute atomic E-state index is 12.3. The molecule has 0 aliphatic heterocycles. The van der Waals surface area contributed by atoms with Crippen LogP contribution in [-0.2, 0) is 21.3 Å². The summed E-state index contributed by atoms with van der Waals surface area (Å²) < 4.78 is 32.4. The molecule has 0 spiro atoms. The van der Waals surface area contributed by atoms with Crippen LogP contribution >= 0.6 is 11.3 Å². The van der Waals surface area contributed by atoms with Crippen LogP contribution in [-0.4, -0.2) is 27.7 Å². The molecule has 0 aromatic carbocycles. The number of nitrogens with two attached hydrogens (primary N) is 1. The second-order valence-electron chi connectivity index (χ2n) is 4.52. The van der Waals surface area contributed by atoms with Gasteiger partial charge >= 0.3 is 0 Å². The second-order valence-corrected chi connectivity index (χ2v) is 7.14. The minimum absolute atomic E-state index is 0.0233. The molecule has 1 fully saturated rings. The Labute approximate surface area is 111 Å². The Bertz CT molecular complexity index is 518. The van der Waals surface area contributed by atoms with Crippen molar-refractivity contribution in [2.75, 3.05) is 7.11 Å². The molecule has 1 aromatic rings. The van der Waals surface area contributed by atoms with Crippen molar-refractivity contribution in [3.05, 3.63) is 15.8 Å². The molecule has 0 unspecified atom stereocenters. The summed E-state index contributed by atoms with van der Waals surface area (Å²) in [5.41, 5.74) is 6.34. The summed E-state index contributed by atoms with van der Waals surface area (Å²) in [5, 5.41) is 1.83. The topological polar surface area (TPSA) is 81.4 Å². The van der Waals surface area contributed by atoms with Gasteiger partial charge in [-0.25, -0.2) is 13.1 Å². The molecular weight excluding hydrogens is 272 g/mol. The Hall–Kier alpha value is -0.470. The highest BCUT2D eigenvalue weighted by Crippen LogP contribution is 2.29. The van der Waals surface area contributed by atoms with Crippen LogP contribution in [0.15, 0.2) is 10.3 Å². The zero-order chi connectivity index (χ0) is 13.3. The highest BCUT2D eigenvalue weighted by atomic mass is 32.2. The van der Waals surface area contributed by atoms with Gasteiger partial charge in [0.05, 0.1) is 6.10 Å². The molecule has 18 heavy (non-hydrogen) atoms. The van der Waals surface area contributed by atoms with E-state index < -0.39 is 10.0 Å². The number of nitrogens with one attached hydrogen (secondary N) is 1. The van der Waals surface area contributed by atoms with E-state index in [1.165, 1.54) is 11.3 Å². The van der Waals surface area contributed by atoms with E-state index in [4.69, 9.17) is 10.5 Å². The van der Waals surface area contributed by atoms with Gasteiger partial charge in [0.1, 0.15) is 4.90 Å². The highest BCUT2D eigenvalue weighted by molar-refractivity contribution is 7.89. The summed E-state index contributed by atoms with van der Waals surface area (Å²) in [6.45, 7) is 2.04. The van der Waals surface area contributed by atoms with Gasteiger partial charge in [0.15, 0.2) is 0 Å². The third-order valence-electron chi connectivity index (χ3n) is 3.19. The van der Waals surface area contributed by atoms with Crippen molar-refractivity contribution in [2.45, 2.75) is 43.4 Å². The summed E-state index contributed by atoms with van der Waals surface area (Å²) in [6, 6.07) is -0.0233.